The van der Waals surface area contributed by atoms with E-state index in [1.807, 2.05) is 13.8 Å². The molecule has 2 fully saturated rings. The van der Waals surface area contributed by atoms with Crippen molar-refractivity contribution in [3.05, 3.63) is 12.2 Å². The number of fused-ring (bicyclic) bond motifs is 5. The lowest BCUT2D eigenvalue weighted by Crippen LogP contribution is -2.35. The molecule has 1 heterocycles. The number of rotatable bonds is 1. The van der Waals surface area contributed by atoms with Gasteiger partial charge in [0.05, 0.1) is 23.9 Å². The molecule has 1 saturated carbocycles. The van der Waals surface area contributed by atoms with Crippen molar-refractivity contribution in [2.24, 2.45) is 11.8 Å². The van der Waals surface area contributed by atoms with Crippen LogP contribution in [-0.4, -0.2) is 29.7 Å². The molecule has 0 amide bonds. The summed E-state index contributed by atoms with van der Waals surface area (Å²) in [5, 5.41) is 0. The van der Waals surface area contributed by atoms with Crippen molar-refractivity contribution >= 4 is 0 Å². The third kappa shape index (κ3) is 1.85. The summed E-state index contributed by atoms with van der Waals surface area (Å²) >= 11 is 0. The first kappa shape index (κ1) is 11.7. The maximum Gasteiger partial charge on any atom is 0.163 e. The molecule has 2 aliphatic carbocycles. The quantitative estimate of drug-likeness (QED) is 0.657. The van der Waals surface area contributed by atoms with E-state index >= 15 is 0 Å². The van der Waals surface area contributed by atoms with Crippen LogP contribution in [0.4, 0.5) is 0 Å². The van der Waals surface area contributed by atoms with Gasteiger partial charge in [0.2, 0.25) is 0 Å². The van der Waals surface area contributed by atoms with E-state index in [4.69, 9.17) is 14.2 Å². The van der Waals surface area contributed by atoms with Gasteiger partial charge in [-0.05, 0) is 34.6 Å². The second-order valence-corrected chi connectivity index (χ2v) is 6.80. The smallest absolute Gasteiger partial charge is 0.163 e. The molecule has 3 aliphatic rings. The highest BCUT2D eigenvalue weighted by Gasteiger charge is 2.60. The fourth-order valence-electron chi connectivity index (χ4n) is 3.30. The molecule has 2 bridgehead atoms. The molecule has 0 aromatic rings. The normalized spacial score (nSPS) is 46.5. The lowest BCUT2D eigenvalue weighted by Gasteiger charge is -2.30. The first-order valence-corrected chi connectivity index (χ1v) is 6.49. The van der Waals surface area contributed by atoms with E-state index in [1.54, 1.807) is 0 Å². The fraction of sp³-hybridized carbons (Fsp3) is 0.857. The molecule has 4 atom stereocenters. The van der Waals surface area contributed by atoms with E-state index in [0.717, 1.165) is 0 Å². The van der Waals surface area contributed by atoms with Gasteiger partial charge < -0.3 is 14.2 Å². The van der Waals surface area contributed by atoms with Gasteiger partial charge in [0.1, 0.15) is 0 Å². The van der Waals surface area contributed by atoms with E-state index in [9.17, 15) is 0 Å². The van der Waals surface area contributed by atoms with Gasteiger partial charge >= 0.3 is 0 Å². The molecule has 1 aliphatic heterocycles. The molecule has 1 saturated heterocycles. The summed E-state index contributed by atoms with van der Waals surface area (Å²) in [5.41, 5.74) is -0.110. The van der Waals surface area contributed by atoms with Crippen LogP contribution >= 0.6 is 0 Å². The van der Waals surface area contributed by atoms with Crippen LogP contribution in [0.25, 0.3) is 0 Å². The van der Waals surface area contributed by atoms with Gasteiger partial charge in [0.15, 0.2) is 5.79 Å². The average Bonchev–Trinajstić information content (AvgIpc) is 2.70. The molecule has 3 rings (SSSR count). The predicted molar refractivity (Wildman–Crippen MR) is 64.6 cm³/mol. The van der Waals surface area contributed by atoms with Crippen LogP contribution in [-0.2, 0) is 14.2 Å². The topological polar surface area (TPSA) is 27.7 Å². The zero-order chi connectivity index (χ0) is 12.4. The first-order valence-electron chi connectivity index (χ1n) is 6.49. The molecule has 0 N–H and O–H groups in total. The lowest BCUT2D eigenvalue weighted by atomic mass is 10.0. The summed E-state index contributed by atoms with van der Waals surface area (Å²) in [6, 6.07) is 0. The Labute approximate surface area is 103 Å². The van der Waals surface area contributed by atoms with E-state index in [1.165, 1.54) is 0 Å². The molecule has 96 valence electrons. The Hall–Kier alpha value is -0.380. The van der Waals surface area contributed by atoms with Gasteiger partial charge in [0, 0.05) is 11.8 Å². The highest BCUT2D eigenvalue weighted by molar-refractivity contribution is 5.22. The number of hydrogen-bond donors (Lipinski definition) is 0. The fourth-order valence-corrected chi connectivity index (χ4v) is 3.30. The van der Waals surface area contributed by atoms with Gasteiger partial charge in [-0.1, -0.05) is 12.2 Å². The summed E-state index contributed by atoms with van der Waals surface area (Å²) in [6.07, 6.45) is 5.06. The second-order valence-electron chi connectivity index (χ2n) is 6.80. The molecule has 3 nitrogen and oxygen atoms in total. The minimum absolute atomic E-state index is 0.110. The Bertz CT molecular complexity index is 329. The molecule has 0 aromatic carbocycles. The lowest BCUT2D eigenvalue weighted by molar-refractivity contribution is -0.177. The third-order valence-corrected chi connectivity index (χ3v) is 3.73. The summed E-state index contributed by atoms with van der Waals surface area (Å²) in [5.74, 6) is 0.266. The van der Waals surface area contributed by atoms with Crippen LogP contribution in [0.15, 0.2) is 12.2 Å². The van der Waals surface area contributed by atoms with Crippen molar-refractivity contribution in [2.75, 3.05) is 0 Å². The van der Waals surface area contributed by atoms with Crippen LogP contribution < -0.4 is 0 Å². The minimum atomic E-state index is -0.440. The summed E-state index contributed by atoms with van der Waals surface area (Å²) in [7, 11) is 0. The molecule has 0 spiro atoms. The molecular formula is C14H22O3. The Kier molecular flexibility index (Phi) is 2.30. The summed E-state index contributed by atoms with van der Waals surface area (Å²) in [4.78, 5) is 0. The maximum absolute atomic E-state index is 6.17. The van der Waals surface area contributed by atoms with Crippen LogP contribution in [0, 0.1) is 11.8 Å². The molecule has 3 heteroatoms. The van der Waals surface area contributed by atoms with Gasteiger partial charge in [-0.15, -0.1) is 0 Å². The van der Waals surface area contributed by atoms with Crippen molar-refractivity contribution in [2.45, 2.75) is 64.3 Å². The van der Waals surface area contributed by atoms with E-state index in [0.29, 0.717) is 11.8 Å². The molecule has 0 aromatic heterocycles. The van der Waals surface area contributed by atoms with Gasteiger partial charge in [-0.2, -0.15) is 0 Å². The summed E-state index contributed by atoms with van der Waals surface area (Å²) < 4.78 is 18.2. The number of ether oxygens (including phenoxy) is 3. The monoisotopic (exact) mass is 238 g/mol. The third-order valence-electron chi connectivity index (χ3n) is 3.73. The maximum atomic E-state index is 6.17. The molecule has 0 radical (unpaired) electrons. The highest BCUT2D eigenvalue weighted by atomic mass is 16.8. The zero-order valence-electron chi connectivity index (χ0n) is 11.3. The SMILES string of the molecule is CC(C)(C)OC1C2C=CC1C1OC(C)(C)OC21. The highest BCUT2D eigenvalue weighted by Crippen LogP contribution is 2.51. The largest absolute Gasteiger partial charge is 0.371 e. The van der Waals surface area contributed by atoms with Crippen molar-refractivity contribution in [3.8, 4) is 0 Å². The van der Waals surface area contributed by atoms with Crippen LogP contribution in [0.3, 0.4) is 0 Å². The van der Waals surface area contributed by atoms with Crippen molar-refractivity contribution in [1.82, 2.24) is 0 Å². The van der Waals surface area contributed by atoms with E-state index < -0.39 is 5.79 Å². The van der Waals surface area contributed by atoms with Gasteiger partial charge in [0.25, 0.3) is 0 Å². The Balaban J connectivity index is 1.79. The van der Waals surface area contributed by atoms with Crippen LogP contribution in [0.5, 0.6) is 0 Å². The summed E-state index contributed by atoms with van der Waals surface area (Å²) in [6.45, 7) is 10.3. The predicted octanol–water partition coefficient (Wildman–Crippen LogP) is 2.51. The Morgan fingerprint density at radius 1 is 1.00 bits per heavy atom. The molecular weight excluding hydrogens is 216 g/mol. The Morgan fingerprint density at radius 2 is 1.47 bits per heavy atom. The van der Waals surface area contributed by atoms with Gasteiger partial charge in [-0.25, -0.2) is 0 Å². The molecule has 4 unspecified atom stereocenters. The zero-order valence-corrected chi connectivity index (χ0v) is 11.3. The van der Waals surface area contributed by atoms with Crippen molar-refractivity contribution in [1.29, 1.82) is 0 Å². The standard InChI is InChI=1S/C14H22O3/c1-13(2,3)15-10-8-6-7-9(10)12-11(8)16-14(4,5)17-12/h6-12H,1-5H3. The number of hydrogen-bond acceptors (Lipinski definition) is 3. The average molecular weight is 238 g/mol. The molecule has 17 heavy (non-hydrogen) atoms. The second kappa shape index (κ2) is 3.34. The first-order chi connectivity index (χ1) is 7.77. The van der Waals surface area contributed by atoms with E-state index in [-0.39, 0.29) is 23.9 Å². The van der Waals surface area contributed by atoms with Crippen LogP contribution in [0.2, 0.25) is 0 Å². The van der Waals surface area contributed by atoms with Crippen molar-refractivity contribution < 1.29 is 14.2 Å². The minimum Gasteiger partial charge on any atom is -0.371 e. The Morgan fingerprint density at radius 3 is 1.88 bits per heavy atom. The van der Waals surface area contributed by atoms with Crippen molar-refractivity contribution in [3.63, 3.8) is 0 Å². The van der Waals surface area contributed by atoms with E-state index in [2.05, 4.69) is 32.9 Å². The van der Waals surface area contributed by atoms with Gasteiger partial charge in [-0.3, -0.25) is 0 Å². The van der Waals surface area contributed by atoms with Crippen LogP contribution in [0.1, 0.15) is 34.6 Å².